The Hall–Kier alpha value is -0.900. The first-order valence-electron chi connectivity index (χ1n) is 4.64. The molecule has 0 aliphatic rings. The van der Waals surface area contributed by atoms with Crippen molar-refractivity contribution in [1.29, 1.82) is 0 Å². The van der Waals surface area contributed by atoms with Gasteiger partial charge in [-0.05, 0) is 18.1 Å². The fraction of sp³-hybridized carbons (Fsp3) is 0.364. The van der Waals surface area contributed by atoms with E-state index in [1.807, 2.05) is 0 Å². The molecule has 82 valence electrons. The first-order chi connectivity index (χ1) is 7.19. The summed E-state index contributed by atoms with van der Waals surface area (Å²) in [6, 6.07) is 6.80. The van der Waals surface area contributed by atoms with Gasteiger partial charge < -0.3 is 4.74 Å². The lowest BCUT2D eigenvalue weighted by atomic mass is 10.1. The highest BCUT2D eigenvalue weighted by molar-refractivity contribution is 9.09. The Balaban J connectivity index is 2.81. The average Bonchev–Trinajstić information content (AvgIpc) is 2.28. The van der Waals surface area contributed by atoms with E-state index in [4.69, 9.17) is 4.74 Å². The van der Waals surface area contributed by atoms with Gasteiger partial charge in [-0.1, -0.05) is 40.2 Å². The Morgan fingerprint density at radius 2 is 2.33 bits per heavy atom. The van der Waals surface area contributed by atoms with Gasteiger partial charge in [0.15, 0.2) is 0 Å². The van der Waals surface area contributed by atoms with Gasteiger partial charge in [0.2, 0.25) is 0 Å². The van der Waals surface area contributed by atoms with Crippen LogP contribution in [0.5, 0.6) is 0 Å². The highest BCUT2D eigenvalue weighted by Crippen LogP contribution is 2.25. The van der Waals surface area contributed by atoms with Crippen LogP contribution in [0.1, 0.15) is 22.9 Å². The SMILES string of the molecule is CCOC(=O)C(Br)c1cccc(CF)c1. The number of carbonyl (C=O) groups excluding carboxylic acids is 1. The summed E-state index contributed by atoms with van der Waals surface area (Å²) in [6.07, 6.45) is 0. The summed E-state index contributed by atoms with van der Waals surface area (Å²) < 4.78 is 17.2. The number of benzene rings is 1. The van der Waals surface area contributed by atoms with Gasteiger partial charge in [-0.3, -0.25) is 4.79 Å². The molecular formula is C11H12BrFO2. The second kappa shape index (κ2) is 5.85. The lowest BCUT2D eigenvalue weighted by Crippen LogP contribution is -2.10. The minimum Gasteiger partial charge on any atom is -0.465 e. The lowest BCUT2D eigenvalue weighted by molar-refractivity contribution is -0.142. The van der Waals surface area contributed by atoms with Crippen LogP contribution in [0.15, 0.2) is 24.3 Å². The third-order valence-electron chi connectivity index (χ3n) is 1.89. The number of alkyl halides is 2. The van der Waals surface area contributed by atoms with E-state index < -0.39 is 11.5 Å². The zero-order chi connectivity index (χ0) is 11.3. The summed E-state index contributed by atoms with van der Waals surface area (Å²) in [5, 5.41) is 0. The highest BCUT2D eigenvalue weighted by Gasteiger charge is 2.18. The number of carbonyl (C=O) groups is 1. The average molecular weight is 275 g/mol. The minimum absolute atomic E-state index is 0.337. The molecule has 0 fully saturated rings. The molecule has 1 aromatic rings. The Labute approximate surface area is 96.6 Å². The van der Waals surface area contributed by atoms with E-state index in [1.165, 1.54) is 0 Å². The Kier molecular flexibility index (Phi) is 4.75. The molecule has 0 aromatic heterocycles. The molecule has 0 radical (unpaired) electrons. The van der Waals surface area contributed by atoms with Crippen molar-refractivity contribution < 1.29 is 13.9 Å². The number of hydrogen-bond donors (Lipinski definition) is 0. The minimum atomic E-state index is -0.531. The highest BCUT2D eigenvalue weighted by atomic mass is 79.9. The van der Waals surface area contributed by atoms with E-state index in [0.29, 0.717) is 17.7 Å². The number of esters is 1. The van der Waals surface area contributed by atoms with Crippen LogP contribution in [0.25, 0.3) is 0 Å². The van der Waals surface area contributed by atoms with Gasteiger partial charge in [-0.2, -0.15) is 0 Å². The Morgan fingerprint density at radius 3 is 2.93 bits per heavy atom. The molecule has 0 heterocycles. The smallest absolute Gasteiger partial charge is 0.324 e. The van der Waals surface area contributed by atoms with Crippen LogP contribution in [-0.2, 0) is 16.2 Å². The van der Waals surface area contributed by atoms with Crippen molar-refractivity contribution in [2.24, 2.45) is 0 Å². The molecule has 1 rings (SSSR count). The fourth-order valence-electron chi connectivity index (χ4n) is 1.19. The Morgan fingerprint density at radius 1 is 1.60 bits per heavy atom. The molecule has 0 spiro atoms. The third kappa shape index (κ3) is 3.30. The van der Waals surface area contributed by atoms with Crippen LogP contribution in [0.4, 0.5) is 4.39 Å². The second-order valence-corrected chi connectivity index (χ2v) is 3.91. The number of rotatable bonds is 4. The predicted molar refractivity (Wildman–Crippen MR) is 59.6 cm³/mol. The zero-order valence-corrected chi connectivity index (χ0v) is 9.96. The van der Waals surface area contributed by atoms with Crippen molar-refractivity contribution in [3.8, 4) is 0 Å². The maximum Gasteiger partial charge on any atom is 0.324 e. The Bertz CT molecular complexity index is 341. The van der Waals surface area contributed by atoms with Crippen molar-refractivity contribution in [3.05, 3.63) is 35.4 Å². The molecule has 0 saturated heterocycles. The van der Waals surface area contributed by atoms with Gasteiger partial charge in [0.05, 0.1) is 6.61 Å². The summed E-state index contributed by atoms with van der Waals surface area (Å²) in [7, 11) is 0. The van der Waals surface area contributed by atoms with Gasteiger partial charge in [0, 0.05) is 0 Å². The molecule has 0 saturated carbocycles. The molecule has 0 aliphatic heterocycles. The van der Waals surface area contributed by atoms with Crippen molar-refractivity contribution in [3.63, 3.8) is 0 Å². The van der Waals surface area contributed by atoms with E-state index in [9.17, 15) is 9.18 Å². The van der Waals surface area contributed by atoms with Crippen molar-refractivity contribution >= 4 is 21.9 Å². The quantitative estimate of drug-likeness (QED) is 0.623. The molecule has 0 aliphatic carbocycles. The number of ether oxygens (including phenoxy) is 1. The lowest BCUT2D eigenvalue weighted by Gasteiger charge is -2.09. The fourth-order valence-corrected chi connectivity index (χ4v) is 1.60. The van der Waals surface area contributed by atoms with Gasteiger partial charge in [0.25, 0.3) is 0 Å². The largest absolute Gasteiger partial charge is 0.465 e. The van der Waals surface area contributed by atoms with Crippen LogP contribution >= 0.6 is 15.9 Å². The zero-order valence-electron chi connectivity index (χ0n) is 8.37. The molecule has 0 amide bonds. The van der Waals surface area contributed by atoms with Gasteiger partial charge in [0.1, 0.15) is 11.5 Å². The summed E-state index contributed by atoms with van der Waals surface area (Å²) in [5.74, 6) is -0.353. The molecule has 0 bridgehead atoms. The molecule has 15 heavy (non-hydrogen) atoms. The number of halogens is 2. The van der Waals surface area contributed by atoms with Crippen molar-refractivity contribution in [1.82, 2.24) is 0 Å². The van der Waals surface area contributed by atoms with Gasteiger partial charge in [-0.25, -0.2) is 4.39 Å². The summed E-state index contributed by atoms with van der Waals surface area (Å²) in [4.78, 5) is 10.9. The second-order valence-electron chi connectivity index (χ2n) is 2.99. The van der Waals surface area contributed by atoms with E-state index in [1.54, 1.807) is 31.2 Å². The van der Waals surface area contributed by atoms with E-state index >= 15 is 0 Å². The maximum atomic E-state index is 12.4. The molecule has 1 unspecified atom stereocenters. The van der Waals surface area contributed by atoms with Crippen LogP contribution in [-0.4, -0.2) is 12.6 Å². The molecule has 1 atom stereocenters. The van der Waals surface area contributed by atoms with Crippen molar-refractivity contribution in [2.75, 3.05) is 6.61 Å². The van der Waals surface area contributed by atoms with Crippen molar-refractivity contribution in [2.45, 2.75) is 18.4 Å². The first-order valence-corrected chi connectivity index (χ1v) is 5.56. The molecule has 2 nitrogen and oxygen atoms in total. The predicted octanol–water partition coefficient (Wildman–Crippen LogP) is 3.16. The van der Waals surface area contributed by atoms with E-state index in [2.05, 4.69) is 15.9 Å². The van der Waals surface area contributed by atoms with Crippen LogP contribution < -0.4 is 0 Å². The maximum absolute atomic E-state index is 12.4. The van der Waals surface area contributed by atoms with Crippen LogP contribution in [0, 0.1) is 0 Å². The molecule has 1 aromatic carbocycles. The van der Waals surface area contributed by atoms with E-state index in [-0.39, 0.29) is 5.97 Å². The van der Waals surface area contributed by atoms with Crippen LogP contribution in [0.3, 0.4) is 0 Å². The summed E-state index contributed by atoms with van der Waals surface area (Å²) >= 11 is 3.22. The summed E-state index contributed by atoms with van der Waals surface area (Å²) in [6.45, 7) is 1.55. The number of hydrogen-bond acceptors (Lipinski definition) is 2. The first kappa shape index (κ1) is 12.2. The monoisotopic (exact) mass is 274 g/mol. The van der Waals surface area contributed by atoms with Gasteiger partial charge in [-0.15, -0.1) is 0 Å². The topological polar surface area (TPSA) is 26.3 Å². The summed E-state index contributed by atoms with van der Waals surface area (Å²) in [5.41, 5.74) is 1.27. The third-order valence-corrected chi connectivity index (χ3v) is 2.79. The van der Waals surface area contributed by atoms with Gasteiger partial charge >= 0.3 is 5.97 Å². The molecular weight excluding hydrogens is 263 g/mol. The van der Waals surface area contributed by atoms with Crippen LogP contribution in [0.2, 0.25) is 0 Å². The normalized spacial score (nSPS) is 12.2. The molecule has 0 N–H and O–H groups in total. The van der Waals surface area contributed by atoms with E-state index in [0.717, 1.165) is 0 Å². The standard InChI is InChI=1S/C11H12BrFO2/c1-2-15-11(14)10(12)9-5-3-4-8(6-9)7-13/h3-6,10H,2,7H2,1H3. The molecule has 4 heteroatoms.